The summed E-state index contributed by atoms with van der Waals surface area (Å²) in [5.41, 5.74) is 0.680. The minimum Gasteiger partial charge on any atom is -0.484 e. The molecule has 1 aliphatic carbocycles. The third-order valence-corrected chi connectivity index (χ3v) is 3.51. The third kappa shape index (κ3) is 3.59. The number of ketones is 1. The molecule has 4 nitrogen and oxygen atoms in total. The molecule has 0 N–H and O–H groups in total. The first kappa shape index (κ1) is 14.6. The lowest BCUT2D eigenvalue weighted by Gasteiger charge is -2.20. The minimum absolute atomic E-state index is 0.0312. The molecule has 4 heteroatoms. The van der Waals surface area contributed by atoms with E-state index in [2.05, 4.69) is 0 Å². The Morgan fingerprint density at radius 3 is 2.35 bits per heavy atom. The van der Waals surface area contributed by atoms with Crippen LogP contribution in [-0.4, -0.2) is 35.8 Å². The van der Waals surface area contributed by atoms with Gasteiger partial charge in [0.05, 0.1) is 0 Å². The first-order valence-electron chi connectivity index (χ1n) is 7.21. The van der Waals surface area contributed by atoms with E-state index in [1.54, 1.807) is 24.3 Å². The molecule has 20 heavy (non-hydrogen) atoms. The summed E-state index contributed by atoms with van der Waals surface area (Å²) < 4.78 is 5.49. The van der Waals surface area contributed by atoms with Crippen LogP contribution in [0, 0.1) is 0 Å². The van der Waals surface area contributed by atoms with Crippen LogP contribution in [0.2, 0.25) is 0 Å². The molecule has 1 fully saturated rings. The molecule has 1 saturated carbocycles. The Hall–Kier alpha value is -1.84. The second-order valence-corrected chi connectivity index (χ2v) is 5.00. The molecule has 0 radical (unpaired) electrons. The van der Waals surface area contributed by atoms with E-state index in [1.807, 2.05) is 18.7 Å². The number of Topliss-reactive ketones (excluding diaryl/α,β-unsaturated/α-hetero) is 1. The fourth-order valence-electron chi connectivity index (χ4n) is 2.19. The second-order valence-electron chi connectivity index (χ2n) is 5.00. The Labute approximate surface area is 119 Å². The standard InChI is InChI=1S/C16H21NO3/c1-3-15(18)12-5-9-14(10-6-12)20-11-16(19)17(4-2)13-7-8-13/h5-6,9-10,13H,3-4,7-8,11H2,1-2H3. The highest BCUT2D eigenvalue weighted by Crippen LogP contribution is 2.26. The van der Waals surface area contributed by atoms with Crippen molar-refractivity contribution in [2.75, 3.05) is 13.2 Å². The SMILES string of the molecule is CCC(=O)c1ccc(OCC(=O)N(CC)C2CC2)cc1. The first-order chi connectivity index (χ1) is 9.65. The van der Waals surface area contributed by atoms with E-state index in [1.165, 1.54) is 0 Å². The maximum atomic E-state index is 12.0. The molecule has 0 atom stereocenters. The highest BCUT2D eigenvalue weighted by atomic mass is 16.5. The second kappa shape index (κ2) is 6.55. The van der Waals surface area contributed by atoms with Crippen molar-refractivity contribution in [3.8, 4) is 5.75 Å². The number of nitrogens with zero attached hydrogens (tertiary/aromatic N) is 1. The van der Waals surface area contributed by atoms with Crippen molar-refractivity contribution in [2.24, 2.45) is 0 Å². The number of ether oxygens (including phenoxy) is 1. The van der Waals surface area contributed by atoms with Crippen LogP contribution in [0.1, 0.15) is 43.5 Å². The normalized spacial score (nSPS) is 13.9. The summed E-state index contributed by atoms with van der Waals surface area (Å²) in [4.78, 5) is 25.4. The van der Waals surface area contributed by atoms with Crippen LogP contribution in [0.3, 0.4) is 0 Å². The highest BCUT2D eigenvalue weighted by molar-refractivity contribution is 5.95. The van der Waals surface area contributed by atoms with Gasteiger partial charge in [-0.3, -0.25) is 9.59 Å². The molecule has 0 aliphatic heterocycles. The molecule has 1 aromatic rings. The fraction of sp³-hybridized carbons (Fsp3) is 0.500. The van der Waals surface area contributed by atoms with Crippen LogP contribution in [0.25, 0.3) is 0 Å². The molecule has 0 unspecified atom stereocenters. The van der Waals surface area contributed by atoms with Gasteiger partial charge in [0.25, 0.3) is 5.91 Å². The lowest BCUT2D eigenvalue weighted by atomic mass is 10.1. The molecule has 1 amide bonds. The number of hydrogen-bond donors (Lipinski definition) is 0. The van der Waals surface area contributed by atoms with Gasteiger partial charge in [0.1, 0.15) is 5.75 Å². The van der Waals surface area contributed by atoms with Gasteiger partial charge in [0.15, 0.2) is 12.4 Å². The quantitative estimate of drug-likeness (QED) is 0.719. The van der Waals surface area contributed by atoms with E-state index in [-0.39, 0.29) is 18.3 Å². The highest BCUT2D eigenvalue weighted by Gasteiger charge is 2.31. The molecule has 1 aliphatic rings. The Kier molecular flexibility index (Phi) is 4.77. The Morgan fingerprint density at radius 2 is 1.85 bits per heavy atom. The van der Waals surface area contributed by atoms with E-state index in [9.17, 15) is 9.59 Å². The van der Waals surface area contributed by atoms with Gasteiger partial charge >= 0.3 is 0 Å². The van der Waals surface area contributed by atoms with Crippen molar-refractivity contribution in [2.45, 2.75) is 39.2 Å². The summed E-state index contributed by atoms with van der Waals surface area (Å²) in [6, 6.07) is 7.38. The Morgan fingerprint density at radius 1 is 1.20 bits per heavy atom. The molecule has 108 valence electrons. The molecule has 2 rings (SSSR count). The van der Waals surface area contributed by atoms with Crippen molar-refractivity contribution in [1.29, 1.82) is 0 Å². The van der Waals surface area contributed by atoms with Crippen LogP contribution in [0.5, 0.6) is 5.75 Å². The largest absolute Gasteiger partial charge is 0.484 e. The molecule has 0 saturated heterocycles. The van der Waals surface area contributed by atoms with Gasteiger partial charge in [-0.25, -0.2) is 0 Å². The van der Waals surface area contributed by atoms with Crippen molar-refractivity contribution >= 4 is 11.7 Å². The van der Waals surface area contributed by atoms with Crippen molar-refractivity contribution in [1.82, 2.24) is 4.90 Å². The van der Waals surface area contributed by atoms with E-state index in [4.69, 9.17) is 4.74 Å². The summed E-state index contributed by atoms with van der Waals surface area (Å²) in [5.74, 6) is 0.764. The average molecular weight is 275 g/mol. The molecule has 1 aromatic carbocycles. The fourth-order valence-corrected chi connectivity index (χ4v) is 2.19. The van der Waals surface area contributed by atoms with Gasteiger partial charge < -0.3 is 9.64 Å². The molecule has 0 aromatic heterocycles. The minimum atomic E-state index is 0.0312. The Bertz CT molecular complexity index is 477. The number of hydrogen-bond acceptors (Lipinski definition) is 3. The number of carbonyl (C=O) groups excluding carboxylic acids is 2. The lowest BCUT2D eigenvalue weighted by Crippen LogP contribution is -2.36. The Balaban J connectivity index is 1.87. The molecular formula is C16H21NO3. The van der Waals surface area contributed by atoms with Crippen LogP contribution in [0.15, 0.2) is 24.3 Å². The van der Waals surface area contributed by atoms with Crippen LogP contribution in [0.4, 0.5) is 0 Å². The number of benzene rings is 1. The summed E-state index contributed by atoms with van der Waals surface area (Å²) in [5, 5.41) is 0. The van der Waals surface area contributed by atoms with E-state index >= 15 is 0 Å². The average Bonchev–Trinajstić information content (AvgIpc) is 3.30. The summed E-state index contributed by atoms with van der Waals surface area (Å²) in [6.45, 7) is 4.62. The van der Waals surface area contributed by atoms with Crippen molar-refractivity contribution in [3.63, 3.8) is 0 Å². The maximum absolute atomic E-state index is 12.0. The third-order valence-electron chi connectivity index (χ3n) is 3.51. The van der Waals surface area contributed by atoms with Gasteiger partial charge in [0, 0.05) is 24.6 Å². The smallest absolute Gasteiger partial charge is 0.260 e. The van der Waals surface area contributed by atoms with Crippen LogP contribution < -0.4 is 4.74 Å². The predicted molar refractivity (Wildman–Crippen MR) is 77.0 cm³/mol. The molecule has 0 spiro atoms. The van der Waals surface area contributed by atoms with Gasteiger partial charge in [-0.2, -0.15) is 0 Å². The van der Waals surface area contributed by atoms with Gasteiger partial charge in [-0.15, -0.1) is 0 Å². The molecule has 0 bridgehead atoms. The topological polar surface area (TPSA) is 46.6 Å². The van der Waals surface area contributed by atoms with Gasteiger partial charge in [0.2, 0.25) is 0 Å². The first-order valence-corrected chi connectivity index (χ1v) is 7.21. The zero-order valence-electron chi connectivity index (χ0n) is 12.1. The van der Waals surface area contributed by atoms with E-state index in [0.717, 1.165) is 19.4 Å². The van der Waals surface area contributed by atoms with Gasteiger partial charge in [-0.05, 0) is 44.0 Å². The molecule has 0 heterocycles. The number of rotatable bonds is 7. The van der Waals surface area contributed by atoms with E-state index < -0.39 is 0 Å². The number of amides is 1. The number of likely N-dealkylation sites (N-methyl/N-ethyl adjacent to an activating group) is 1. The summed E-state index contributed by atoms with van der Waals surface area (Å²) in [6.07, 6.45) is 2.70. The molecular weight excluding hydrogens is 254 g/mol. The van der Waals surface area contributed by atoms with Crippen molar-refractivity contribution < 1.29 is 14.3 Å². The predicted octanol–water partition coefficient (Wildman–Crippen LogP) is 2.67. The van der Waals surface area contributed by atoms with Crippen molar-refractivity contribution in [3.05, 3.63) is 29.8 Å². The number of carbonyl (C=O) groups is 2. The van der Waals surface area contributed by atoms with Crippen LogP contribution >= 0.6 is 0 Å². The van der Waals surface area contributed by atoms with E-state index in [0.29, 0.717) is 23.8 Å². The lowest BCUT2D eigenvalue weighted by molar-refractivity contribution is -0.133. The van der Waals surface area contributed by atoms with Crippen LogP contribution in [-0.2, 0) is 4.79 Å². The summed E-state index contributed by atoms with van der Waals surface area (Å²) in [7, 11) is 0. The maximum Gasteiger partial charge on any atom is 0.260 e. The summed E-state index contributed by atoms with van der Waals surface area (Å²) >= 11 is 0. The van der Waals surface area contributed by atoms with Gasteiger partial charge in [-0.1, -0.05) is 6.92 Å². The monoisotopic (exact) mass is 275 g/mol. The zero-order chi connectivity index (χ0) is 14.5. The zero-order valence-corrected chi connectivity index (χ0v) is 12.1.